The summed E-state index contributed by atoms with van der Waals surface area (Å²) in [6, 6.07) is 15.4. The van der Waals surface area contributed by atoms with Crippen LogP contribution in [0.25, 0.3) is 0 Å². The lowest BCUT2D eigenvalue weighted by Gasteiger charge is -2.28. The van der Waals surface area contributed by atoms with E-state index >= 15 is 0 Å². The van der Waals surface area contributed by atoms with Gasteiger partial charge in [-0.25, -0.2) is 0 Å². The third-order valence-electron chi connectivity index (χ3n) is 4.46. The predicted octanol–water partition coefficient (Wildman–Crippen LogP) is 2.06. The summed E-state index contributed by atoms with van der Waals surface area (Å²) in [5.74, 6) is -0.373. The lowest BCUT2D eigenvalue weighted by molar-refractivity contribution is -0.120. The van der Waals surface area contributed by atoms with Gasteiger partial charge in [0.05, 0.1) is 12.2 Å². The first-order valence-corrected chi connectivity index (χ1v) is 8.26. The number of carbonyl (C=O) groups is 2. The van der Waals surface area contributed by atoms with Gasteiger partial charge in [0.1, 0.15) is 5.92 Å². The van der Waals surface area contributed by atoms with Crippen LogP contribution in [0.4, 0.5) is 17.1 Å². The average molecular weight is 334 g/mol. The molecule has 2 aliphatic rings. The summed E-state index contributed by atoms with van der Waals surface area (Å²) in [6.45, 7) is 1.84. The first-order valence-electron chi connectivity index (χ1n) is 8.26. The molecule has 1 fully saturated rings. The summed E-state index contributed by atoms with van der Waals surface area (Å²) >= 11 is 0. The Morgan fingerprint density at radius 3 is 2.68 bits per heavy atom. The van der Waals surface area contributed by atoms with E-state index in [0.29, 0.717) is 13.1 Å². The SMILES string of the molecule is O=C1CN(c2ccc(N=CC3C(=O)Nc4ccccc43)cc2)CCN1. The van der Waals surface area contributed by atoms with Crippen LogP contribution in [0, 0.1) is 0 Å². The first kappa shape index (κ1) is 15.4. The highest BCUT2D eigenvalue weighted by molar-refractivity contribution is 6.12. The Bertz CT molecular complexity index is 845. The summed E-state index contributed by atoms with van der Waals surface area (Å²) < 4.78 is 0. The number of fused-ring (bicyclic) bond motifs is 1. The molecular formula is C19H18N4O2. The number of benzene rings is 2. The van der Waals surface area contributed by atoms with Gasteiger partial charge in [0, 0.05) is 30.7 Å². The Hall–Kier alpha value is -3.15. The van der Waals surface area contributed by atoms with Gasteiger partial charge < -0.3 is 15.5 Å². The number of rotatable bonds is 3. The van der Waals surface area contributed by atoms with Crippen molar-refractivity contribution in [2.75, 3.05) is 29.9 Å². The van der Waals surface area contributed by atoms with Crippen molar-refractivity contribution in [3.05, 3.63) is 54.1 Å². The summed E-state index contributed by atoms with van der Waals surface area (Å²) in [7, 11) is 0. The van der Waals surface area contributed by atoms with Crippen LogP contribution in [0.1, 0.15) is 11.5 Å². The van der Waals surface area contributed by atoms with Crippen LogP contribution in [-0.4, -0.2) is 37.7 Å². The van der Waals surface area contributed by atoms with Gasteiger partial charge in [-0.05, 0) is 35.9 Å². The highest BCUT2D eigenvalue weighted by atomic mass is 16.2. The van der Waals surface area contributed by atoms with Crippen LogP contribution in [0.15, 0.2) is 53.5 Å². The Morgan fingerprint density at radius 2 is 1.88 bits per heavy atom. The van der Waals surface area contributed by atoms with E-state index in [2.05, 4.69) is 15.6 Å². The number of hydrogen-bond acceptors (Lipinski definition) is 4. The van der Waals surface area contributed by atoms with Crippen LogP contribution in [0.5, 0.6) is 0 Å². The molecule has 6 nitrogen and oxygen atoms in total. The van der Waals surface area contributed by atoms with Crippen LogP contribution >= 0.6 is 0 Å². The molecule has 2 aliphatic heterocycles. The molecule has 1 saturated heterocycles. The highest BCUT2D eigenvalue weighted by Crippen LogP contribution is 2.31. The van der Waals surface area contributed by atoms with Gasteiger partial charge in [-0.1, -0.05) is 18.2 Å². The van der Waals surface area contributed by atoms with Gasteiger partial charge in [0.25, 0.3) is 0 Å². The van der Waals surface area contributed by atoms with E-state index in [1.807, 2.05) is 53.4 Å². The lowest BCUT2D eigenvalue weighted by atomic mass is 10.0. The van der Waals surface area contributed by atoms with Crippen molar-refractivity contribution in [3.63, 3.8) is 0 Å². The van der Waals surface area contributed by atoms with Crippen molar-refractivity contribution in [2.45, 2.75) is 5.92 Å². The third-order valence-corrected chi connectivity index (χ3v) is 4.46. The minimum absolute atomic E-state index is 0.0410. The fraction of sp³-hybridized carbons (Fsp3) is 0.211. The molecule has 2 heterocycles. The second-order valence-corrected chi connectivity index (χ2v) is 6.12. The molecule has 1 atom stereocenters. The zero-order valence-corrected chi connectivity index (χ0v) is 13.6. The predicted molar refractivity (Wildman–Crippen MR) is 97.6 cm³/mol. The number of para-hydroxylation sites is 1. The fourth-order valence-corrected chi connectivity index (χ4v) is 3.15. The van der Waals surface area contributed by atoms with E-state index in [1.165, 1.54) is 0 Å². The number of amides is 2. The van der Waals surface area contributed by atoms with Crippen LogP contribution in [-0.2, 0) is 9.59 Å². The molecule has 126 valence electrons. The van der Waals surface area contributed by atoms with E-state index in [1.54, 1.807) is 6.21 Å². The molecule has 0 radical (unpaired) electrons. The monoisotopic (exact) mass is 334 g/mol. The maximum Gasteiger partial charge on any atom is 0.239 e. The number of aliphatic imine (C=N–C) groups is 1. The number of piperazine rings is 1. The zero-order valence-electron chi connectivity index (χ0n) is 13.6. The van der Waals surface area contributed by atoms with Crippen molar-refractivity contribution in [1.82, 2.24) is 5.32 Å². The van der Waals surface area contributed by atoms with Gasteiger partial charge in [-0.15, -0.1) is 0 Å². The van der Waals surface area contributed by atoms with Crippen molar-refractivity contribution >= 4 is 35.1 Å². The van der Waals surface area contributed by atoms with Crippen LogP contribution < -0.4 is 15.5 Å². The van der Waals surface area contributed by atoms with E-state index in [-0.39, 0.29) is 17.7 Å². The van der Waals surface area contributed by atoms with Gasteiger partial charge in [-0.3, -0.25) is 14.6 Å². The fourth-order valence-electron chi connectivity index (χ4n) is 3.15. The summed E-state index contributed by atoms with van der Waals surface area (Å²) in [5.41, 5.74) is 3.58. The molecule has 0 saturated carbocycles. The molecule has 2 aromatic rings. The Labute approximate surface area is 145 Å². The molecule has 6 heteroatoms. The van der Waals surface area contributed by atoms with Crippen molar-refractivity contribution in [2.24, 2.45) is 4.99 Å². The highest BCUT2D eigenvalue weighted by Gasteiger charge is 2.28. The van der Waals surface area contributed by atoms with Gasteiger partial charge in [0.2, 0.25) is 11.8 Å². The minimum atomic E-state index is -0.360. The summed E-state index contributed by atoms with van der Waals surface area (Å²) in [6.07, 6.45) is 1.69. The molecule has 0 aliphatic carbocycles. The van der Waals surface area contributed by atoms with Gasteiger partial charge in [0.15, 0.2) is 0 Å². The normalized spacial score (nSPS) is 19.7. The quantitative estimate of drug-likeness (QED) is 0.844. The van der Waals surface area contributed by atoms with E-state index in [4.69, 9.17) is 0 Å². The van der Waals surface area contributed by atoms with Crippen molar-refractivity contribution in [1.29, 1.82) is 0 Å². The topological polar surface area (TPSA) is 73.8 Å². The first-order chi connectivity index (χ1) is 12.2. The number of anilines is 2. The second kappa shape index (κ2) is 6.39. The number of carbonyl (C=O) groups excluding carboxylic acids is 2. The maximum atomic E-state index is 12.1. The standard InChI is InChI=1S/C19H18N4O2/c24-18-12-23(10-9-20-18)14-7-5-13(6-8-14)21-11-16-15-3-1-2-4-17(15)22-19(16)25/h1-8,11,16H,9-10,12H2,(H,20,24)(H,22,25). The molecule has 25 heavy (non-hydrogen) atoms. The molecule has 0 aromatic heterocycles. The largest absolute Gasteiger partial charge is 0.360 e. The van der Waals surface area contributed by atoms with Crippen LogP contribution in [0.3, 0.4) is 0 Å². The van der Waals surface area contributed by atoms with E-state index in [9.17, 15) is 9.59 Å². The molecule has 2 amide bonds. The van der Waals surface area contributed by atoms with Gasteiger partial charge >= 0.3 is 0 Å². The minimum Gasteiger partial charge on any atom is -0.360 e. The molecule has 2 N–H and O–H groups in total. The molecule has 4 rings (SSSR count). The molecular weight excluding hydrogens is 316 g/mol. The lowest BCUT2D eigenvalue weighted by Crippen LogP contribution is -2.47. The van der Waals surface area contributed by atoms with Gasteiger partial charge in [-0.2, -0.15) is 0 Å². The third kappa shape index (κ3) is 3.10. The van der Waals surface area contributed by atoms with E-state index in [0.717, 1.165) is 29.2 Å². The van der Waals surface area contributed by atoms with Crippen LogP contribution in [0.2, 0.25) is 0 Å². The molecule has 2 aromatic carbocycles. The number of nitrogens with one attached hydrogen (secondary N) is 2. The molecule has 0 spiro atoms. The number of hydrogen-bond donors (Lipinski definition) is 2. The van der Waals surface area contributed by atoms with Crippen molar-refractivity contribution < 1.29 is 9.59 Å². The molecule has 1 unspecified atom stereocenters. The average Bonchev–Trinajstić information content (AvgIpc) is 2.95. The summed E-state index contributed by atoms with van der Waals surface area (Å²) in [5, 5.41) is 5.68. The van der Waals surface area contributed by atoms with E-state index < -0.39 is 0 Å². The number of nitrogens with zero attached hydrogens (tertiary/aromatic N) is 2. The zero-order chi connectivity index (χ0) is 17.2. The maximum absolute atomic E-state index is 12.1. The Balaban J connectivity index is 1.49. The van der Waals surface area contributed by atoms with Crippen molar-refractivity contribution in [3.8, 4) is 0 Å². The second-order valence-electron chi connectivity index (χ2n) is 6.12. The smallest absolute Gasteiger partial charge is 0.239 e. The summed E-state index contributed by atoms with van der Waals surface area (Å²) in [4.78, 5) is 30.1. The Morgan fingerprint density at radius 1 is 1.08 bits per heavy atom. The Kier molecular flexibility index (Phi) is 3.93. The molecule has 0 bridgehead atoms.